The van der Waals surface area contributed by atoms with E-state index in [0.717, 1.165) is 11.1 Å². The Balaban J connectivity index is 2.47. The van der Waals surface area contributed by atoms with Gasteiger partial charge in [0.15, 0.2) is 0 Å². The zero-order valence-electron chi connectivity index (χ0n) is 8.63. The number of carbonyl (C=O) groups is 1. The van der Waals surface area contributed by atoms with Gasteiger partial charge >= 0.3 is 11.9 Å². The zero-order chi connectivity index (χ0) is 11.9. The monoisotopic (exact) mass is 224 g/mol. The number of aliphatic carboxylic acids is 1. The molecule has 0 saturated carbocycles. The van der Waals surface area contributed by atoms with Gasteiger partial charge in [-0.05, 0) is 24.5 Å². The molecule has 0 radical (unpaired) electrons. The molecule has 16 heavy (non-hydrogen) atoms. The Bertz CT molecular complexity index is 490. The van der Waals surface area contributed by atoms with Crippen LogP contribution in [0.1, 0.15) is 16.7 Å². The Kier molecular flexibility index (Phi) is 2.30. The van der Waals surface area contributed by atoms with Crippen LogP contribution in [0.15, 0.2) is 24.3 Å². The van der Waals surface area contributed by atoms with E-state index in [-0.39, 0.29) is 0 Å². The number of aryl methyl sites for hydroxylation is 1. The molecule has 0 amide bonds. The first kappa shape index (κ1) is 10.8. The largest absolute Gasteiger partial charge is 0.477 e. The molecule has 0 aromatic heterocycles. The van der Waals surface area contributed by atoms with Crippen LogP contribution in [0.3, 0.4) is 0 Å². The van der Waals surface area contributed by atoms with Crippen molar-refractivity contribution in [2.75, 3.05) is 0 Å². The van der Waals surface area contributed by atoms with Gasteiger partial charge in [-0.3, -0.25) is 0 Å². The molecule has 0 atom stereocenters. The summed E-state index contributed by atoms with van der Waals surface area (Å²) in [5, 5.41) is 8.49. The van der Waals surface area contributed by atoms with Gasteiger partial charge in [-0.1, -0.05) is 29.8 Å². The van der Waals surface area contributed by atoms with E-state index < -0.39 is 17.5 Å². The third-order valence-corrected chi connectivity index (χ3v) is 2.68. The van der Waals surface area contributed by atoms with Crippen molar-refractivity contribution in [2.45, 2.75) is 19.3 Å². The van der Waals surface area contributed by atoms with Crippen LogP contribution in [-0.4, -0.2) is 17.0 Å². The van der Waals surface area contributed by atoms with Crippen LogP contribution < -0.4 is 0 Å². The van der Waals surface area contributed by atoms with Crippen LogP contribution in [0.4, 0.5) is 8.78 Å². The van der Waals surface area contributed by atoms with Crippen molar-refractivity contribution in [3.63, 3.8) is 0 Å². The standard InChI is InChI=1S/C12H10F2O2/c1-7-2-4-9-8(6-7)3-5-10(9)12(13,14)11(15)16/h2,4-6H,3H2,1H3,(H,15,16). The Morgan fingerprint density at radius 3 is 2.75 bits per heavy atom. The molecule has 0 heterocycles. The molecule has 0 saturated heterocycles. The second kappa shape index (κ2) is 3.40. The third kappa shape index (κ3) is 1.50. The fourth-order valence-electron chi connectivity index (χ4n) is 1.89. The fourth-order valence-corrected chi connectivity index (χ4v) is 1.89. The minimum atomic E-state index is -3.81. The van der Waals surface area contributed by atoms with E-state index in [4.69, 9.17) is 5.11 Å². The van der Waals surface area contributed by atoms with Crippen molar-refractivity contribution in [1.29, 1.82) is 0 Å². The van der Waals surface area contributed by atoms with E-state index in [0.29, 0.717) is 12.0 Å². The second-order valence-corrected chi connectivity index (χ2v) is 3.86. The van der Waals surface area contributed by atoms with Crippen LogP contribution in [0, 0.1) is 6.92 Å². The molecule has 0 bridgehead atoms. The number of hydrogen-bond donors (Lipinski definition) is 1. The SMILES string of the molecule is Cc1ccc2c(c1)CC=C2C(F)(F)C(=O)O. The van der Waals surface area contributed by atoms with Gasteiger partial charge in [0.2, 0.25) is 0 Å². The predicted octanol–water partition coefficient (Wildman–Crippen LogP) is 2.65. The van der Waals surface area contributed by atoms with Crippen molar-refractivity contribution in [1.82, 2.24) is 0 Å². The summed E-state index contributed by atoms with van der Waals surface area (Å²) >= 11 is 0. The summed E-state index contributed by atoms with van der Waals surface area (Å²) in [5.74, 6) is -5.91. The van der Waals surface area contributed by atoms with Crippen molar-refractivity contribution in [3.05, 3.63) is 41.0 Å². The molecule has 2 nitrogen and oxygen atoms in total. The van der Waals surface area contributed by atoms with Gasteiger partial charge in [-0.25, -0.2) is 4.79 Å². The number of carboxylic acid groups (broad SMARTS) is 1. The zero-order valence-corrected chi connectivity index (χ0v) is 8.63. The van der Waals surface area contributed by atoms with Gasteiger partial charge in [0.05, 0.1) is 0 Å². The number of halogens is 2. The van der Waals surface area contributed by atoms with Gasteiger partial charge < -0.3 is 5.11 Å². The summed E-state index contributed by atoms with van der Waals surface area (Å²) in [7, 11) is 0. The highest BCUT2D eigenvalue weighted by atomic mass is 19.3. The first-order chi connectivity index (χ1) is 7.43. The van der Waals surface area contributed by atoms with Gasteiger partial charge in [0, 0.05) is 5.57 Å². The van der Waals surface area contributed by atoms with Gasteiger partial charge in [0.25, 0.3) is 0 Å². The molecule has 0 spiro atoms. The summed E-state index contributed by atoms with van der Waals surface area (Å²) < 4.78 is 26.7. The Labute approximate surface area is 91.2 Å². The molecule has 0 unspecified atom stereocenters. The van der Waals surface area contributed by atoms with E-state index in [1.54, 1.807) is 18.2 Å². The third-order valence-electron chi connectivity index (χ3n) is 2.68. The van der Waals surface area contributed by atoms with Crippen LogP contribution in [0.5, 0.6) is 0 Å². The molecule has 1 aromatic carbocycles. The normalized spacial score (nSPS) is 14.6. The van der Waals surface area contributed by atoms with Gasteiger partial charge in [-0.15, -0.1) is 0 Å². The molecule has 84 valence electrons. The molecule has 0 fully saturated rings. The summed E-state index contributed by atoms with van der Waals surface area (Å²) in [6.45, 7) is 1.87. The number of fused-ring (bicyclic) bond motifs is 1. The Hall–Kier alpha value is -1.71. The summed E-state index contributed by atoms with van der Waals surface area (Å²) in [4.78, 5) is 10.5. The van der Waals surface area contributed by atoms with Crippen molar-refractivity contribution < 1.29 is 18.7 Å². The summed E-state index contributed by atoms with van der Waals surface area (Å²) in [6, 6.07) is 5.06. The van der Waals surface area contributed by atoms with Crippen LogP contribution in [0.2, 0.25) is 0 Å². The molecular formula is C12H10F2O2. The maximum absolute atomic E-state index is 13.4. The highest BCUT2D eigenvalue weighted by Gasteiger charge is 2.45. The molecule has 2 rings (SSSR count). The van der Waals surface area contributed by atoms with Gasteiger partial charge in [0.1, 0.15) is 0 Å². The number of rotatable bonds is 2. The molecule has 1 aliphatic carbocycles. The molecule has 1 N–H and O–H groups in total. The maximum Gasteiger partial charge on any atom is 0.379 e. The smallest absolute Gasteiger partial charge is 0.379 e. The molecule has 1 aliphatic rings. The Morgan fingerprint density at radius 1 is 1.44 bits per heavy atom. The number of hydrogen-bond acceptors (Lipinski definition) is 1. The Morgan fingerprint density at radius 2 is 2.12 bits per heavy atom. The molecule has 1 aromatic rings. The lowest BCUT2D eigenvalue weighted by Gasteiger charge is -2.14. The second-order valence-electron chi connectivity index (χ2n) is 3.86. The number of alkyl halides is 2. The van der Waals surface area contributed by atoms with E-state index in [1.165, 1.54) is 6.08 Å². The van der Waals surface area contributed by atoms with E-state index in [1.807, 2.05) is 6.92 Å². The lowest BCUT2D eigenvalue weighted by Crippen LogP contribution is -2.29. The molecular weight excluding hydrogens is 214 g/mol. The first-order valence-electron chi connectivity index (χ1n) is 4.84. The lowest BCUT2D eigenvalue weighted by molar-refractivity contribution is -0.156. The predicted molar refractivity (Wildman–Crippen MR) is 55.4 cm³/mol. The van der Waals surface area contributed by atoms with Crippen LogP contribution in [0.25, 0.3) is 5.57 Å². The molecule has 4 heteroatoms. The topological polar surface area (TPSA) is 37.3 Å². The quantitative estimate of drug-likeness (QED) is 0.838. The lowest BCUT2D eigenvalue weighted by atomic mass is 9.99. The minimum absolute atomic E-state index is 0.345. The minimum Gasteiger partial charge on any atom is -0.477 e. The van der Waals surface area contributed by atoms with Gasteiger partial charge in [-0.2, -0.15) is 8.78 Å². The number of carboxylic acids is 1. The highest BCUT2D eigenvalue weighted by molar-refractivity contribution is 5.95. The van der Waals surface area contributed by atoms with Crippen LogP contribution in [-0.2, 0) is 11.2 Å². The van der Waals surface area contributed by atoms with E-state index >= 15 is 0 Å². The number of allylic oxidation sites excluding steroid dienone is 1. The number of benzene rings is 1. The molecule has 0 aliphatic heterocycles. The fraction of sp³-hybridized carbons (Fsp3) is 0.250. The summed E-state index contributed by atoms with van der Waals surface area (Å²) in [6.07, 6.45) is 1.66. The van der Waals surface area contributed by atoms with Crippen molar-refractivity contribution in [2.24, 2.45) is 0 Å². The van der Waals surface area contributed by atoms with Crippen LogP contribution >= 0.6 is 0 Å². The first-order valence-corrected chi connectivity index (χ1v) is 4.84. The summed E-state index contributed by atoms with van der Waals surface area (Å²) in [5.41, 5.74) is 1.69. The van der Waals surface area contributed by atoms with E-state index in [2.05, 4.69) is 0 Å². The highest BCUT2D eigenvalue weighted by Crippen LogP contribution is 2.39. The average Bonchev–Trinajstić information content (AvgIpc) is 2.60. The average molecular weight is 224 g/mol. The van der Waals surface area contributed by atoms with Crippen molar-refractivity contribution >= 4 is 11.5 Å². The maximum atomic E-state index is 13.4. The van der Waals surface area contributed by atoms with E-state index in [9.17, 15) is 13.6 Å². The van der Waals surface area contributed by atoms with Crippen molar-refractivity contribution in [3.8, 4) is 0 Å².